The van der Waals surface area contributed by atoms with E-state index in [2.05, 4.69) is 4.90 Å². The van der Waals surface area contributed by atoms with Crippen LogP contribution in [0.25, 0.3) is 0 Å². The van der Waals surface area contributed by atoms with Gasteiger partial charge < -0.3 is 14.4 Å². The fraction of sp³-hybridized carbons (Fsp3) is 0.333. The van der Waals surface area contributed by atoms with Crippen LogP contribution in [-0.2, 0) is 11.3 Å². The molecule has 2 aromatic carbocycles. The van der Waals surface area contributed by atoms with Crippen LogP contribution in [0.5, 0.6) is 11.5 Å². The highest BCUT2D eigenvalue weighted by molar-refractivity contribution is 5.82. The number of nitrogens with zero attached hydrogens (tertiary/aromatic N) is 3. The summed E-state index contributed by atoms with van der Waals surface area (Å²) in [6, 6.07) is 13.7. The molecule has 0 saturated carbocycles. The first-order valence-corrected chi connectivity index (χ1v) is 9.22. The molecule has 2 aromatic rings. The molecule has 0 unspecified atom stereocenters. The van der Waals surface area contributed by atoms with Crippen LogP contribution < -0.4 is 9.47 Å². The lowest BCUT2D eigenvalue weighted by Crippen LogP contribution is -2.53. The average Bonchev–Trinajstić information content (AvgIpc) is 2.75. The number of carbonyl (C=O) groups excluding carboxylic acids is 1. The summed E-state index contributed by atoms with van der Waals surface area (Å²) in [5, 5.41) is 8.99. The molecule has 2 aliphatic heterocycles. The maximum Gasteiger partial charge on any atom is 0.267 e. The lowest BCUT2D eigenvalue weighted by Gasteiger charge is -2.37. The molecule has 0 bridgehead atoms. The van der Waals surface area contributed by atoms with Gasteiger partial charge in [0.25, 0.3) is 5.91 Å². The van der Waals surface area contributed by atoms with Crippen LogP contribution in [-0.4, -0.2) is 54.6 Å². The Kier molecular flexibility index (Phi) is 5.13. The predicted molar refractivity (Wildman–Crippen MR) is 99.3 cm³/mol. The standard InChI is InChI=1S/C21H20FN3O3/c22-17-6-5-15(12-23)11-16(17)13-24-7-9-25(10-8-24)21(26)20-14-27-18-3-1-2-4-19(18)28-20/h1-6,11,20H,7-10,13-14H2/t20-/m1/s1. The number of para-hydroxylation sites is 2. The van der Waals surface area contributed by atoms with Crippen molar-refractivity contribution in [3.8, 4) is 17.6 Å². The lowest BCUT2D eigenvalue weighted by atomic mass is 10.1. The van der Waals surface area contributed by atoms with E-state index in [-0.39, 0.29) is 18.3 Å². The normalized spacial score (nSPS) is 19.1. The molecule has 144 valence electrons. The minimum absolute atomic E-state index is 0.0909. The Labute approximate surface area is 162 Å². The second-order valence-corrected chi connectivity index (χ2v) is 6.88. The number of nitriles is 1. The van der Waals surface area contributed by atoms with E-state index in [1.807, 2.05) is 24.3 Å². The molecule has 1 fully saturated rings. The Hall–Kier alpha value is -3.11. The maximum atomic E-state index is 14.0. The van der Waals surface area contributed by atoms with Crippen LogP contribution in [0.2, 0.25) is 0 Å². The van der Waals surface area contributed by atoms with E-state index in [0.717, 1.165) is 0 Å². The average molecular weight is 381 g/mol. The highest BCUT2D eigenvalue weighted by Gasteiger charge is 2.32. The van der Waals surface area contributed by atoms with Crippen molar-refractivity contribution in [3.05, 3.63) is 59.4 Å². The first-order valence-electron chi connectivity index (χ1n) is 9.22. The zero-order valence-electron chi connectivity index (χ0n) is 15.3. The number of rotatable bonds is 3. The number of hydrogen-bond acceptors (Lipinski definition) is 5. The first-order chi connectivity index (χ1) is 13.6. The molecule has 0 spiro atoms. The minimum atomic E-state index is -0.647. The molecule has 1 atom stereocenters. The van der Waals surface area contributed by atoms with E-state index in [0.29, 0.717) is 55.3 Å². The number of fused-ring (bicyclic) bond motifs is 1. The number of amides is 1. The number of piperazine rings is 1. The van der Waals surface area contributed by atoms with Crippen molar-refractivity contribution in [2.24, 2.45) is 0 Å². The Balaban J connectivity index is 1.33. The van der Waals surface area contributed by atoms with Crippen molar-refractivity contribution in [1.29, 1.82) is 5.26 Å². The molecule has 2 heterocycles. The molecule has 6 nitrogen and oxygen atoms in total. The van der Waals surface area contributed by atoms with Gasteiger partial charge in [0.2, 0.25) is 6.10 Å². The monoisotopic (exact) mass is 381 g/mol. The van der Waals surface area contributed by atoms with Gasteiger partial charge >= 0.3 is 0 Å². The van der Waals surface area contributed by atoms with Gasteiger partial charge in [-0.3, -0.25) is 9.69 Å². The van der Waals surface area contributed by atoms with Gasteiger partial charge in [-0.1, -0.05) is 12.1 Å². The molecule has 2 aliphatic rings. The molecular weight excluding hydrogens is 361 g/mol. The van der Waals surface area contributed by atoms with Crippen LogP contribution in [0.1, 0.15) is 11.1 Å². The lowest BCUT2D eigenvalue weighted by molar-refractivity contribution is -0.143. The second-order valence-electron chi connectivity index (χ2n) is 6.88. The second kappa shape index (κ2) is 7.87. The van der Waals surface area contributed by atoms with Gasteiger partial charge in [0.1, 0.15) is 12.4 Å². The molecular formula is C21H20FN3O3. The Morgan fingerprint density at radius 1 is 1.14 bits per heavy atom. The van der Waals surface area contributed by atoms with Gasteiger partial charge in [0, 0.05) is 38.3 Å². The quantitative estimate of drug-likeness (QED) is 0.815. The van der Waals surface area contributed by atoms with Gasteiger partial charge in [0.05, 0.1) is 11.6 Å². The summed E-state index contributed by atoms with van der Waals surface area (Å²) in [4.78, 5) is 16.6. The highest BCUT2D eigenvalue weighted by Crippen LogP contribution is 2.31. The molecule has 1 amide bonds. The van der Waals surface area contributed by atoms with Gasteiger partial charge in [-0.2, -0.15) is 5.26 Å². The summed E-state index contributed by atoms with van der Waals surface area (Å²) in [6.07, 6.45) is -0.647. The summed E-state index contributed by atoms with van der Waals surface area (Å²) < 4.78 is 25.4. The van der Waals surface area contributed by atoms with Crippen LogP contribution >= 0.6 is 0 Å². The van der Waals surface area contributed by atoms with Crippen LogP contribution in [0.3, 0.4) is 0 Å². The number of halogens is 1. The number of carbonyl (C=O) groups is 1. The molecule has 0 aromatic heterocycles. The zero-order chi connectivity index (χ0) is 19.5. The SMILES string of the molecule is N#Cc1ccc(F)c(CN2CCN(C(=O)[C@H]3COc4ccccc4O3)CC2)c1. The third kappa shape index (κ3) is 3.78. The van der Waals surface area contributed by atoms with Crippen molar-refractivity contribution >= 4 is 5.91 Å². The van der Waals surface area contributed by atoms with Gasteiger partial charge in [-0.25, -0.2) is 4.39 Å². The van der Waals surface area contributed by atoms with Crippen LogP contribution in [0, 0.1) is 17.1 Å². The molecule has 1 saturated heterocycles. The van der Waals surface area contributed by atoms with Crippen molar-refractivity contribution in [1.82, 2.24) is 9.80 Å². The van der Waals surface area contributed by atoms with Crippen LogP contribution in [0.4, 0.5) is 4.39 Å². The molecule has 0 radical (unpaired) electrons. The fourth-order valence-electron chi connectivity index (χ4n) is 3.48. The van der Waals surface area contributed by atoms with Crippen molar-refractivity contribution in [2.45, 2.75) is 12.6 Å². The number of benzene rings is 2. The summed E-state index contributed by atoms with van der Waals surface area (Å²) in [5.74, 6) is 0.826. The van der Waals surface area contributed by atoms with E-state index in [1.54, 1.807) is 17.0 Å². The molecule has 28 heavy (non-hydrogen) atoms. The van der Waals surface area contributed by atoms with Gasteiger partial charge in [-0.05, 0) is 30.3 Å². The smallest absolute Gasteiger partial charge is 0.267 e. The predicted octanol–water partition coefficient (Wildman–Crippen LogP) is 2.18. The van der Waals surface area contributed by atoms with Gasteiger partial charge in [-0.15, -0.1) is 0 Å². The highest BCUT2D eigenvalue weighted by atomic mass is 19.1. The Bertz CT molecular complexity index is 919. The third-order valence-corrected chi connectivity index (χ3v) is 5.04. The largest absolute Gasteiger partial charge is 0.485 e. The molecule has 7 heteroatoms. The Morgan fingerprint density at radius 2 is 1.89 bits per heavy atom. The minimum Gasteiger partial charge on any atom is -0.485 e. The third-order valence-electron chi connectivity index (χ3n) is 5.04. The van der Waals surface area contributed by atoms with E-state index in [1.165, 1.54) is 12.1 Å². The van der Waals surface area contributed by atoms with E-state index in [9.17, 15) is 9.18 Å². The zero-order valence-corrected chi connectivity index (χ0v) is 15.3. The summed E-state index contributed by atoms with van der Waals surface area (Å²) in [6.45, 7) is 2.96. The maximum absolute atomic E-state index is 14.0. The van der Waals surface area contributed by atoms with Crippen molar-refractivity contribution < 1.29 is 18.7 Å². The Morgan fingerprint density at radius 3 is 2.64 bits per heavy atom. The van der Waals surface area contributed by atoms with Gasteiger partial charge in [0.15, 0.2) is 11.5 Å². The number of ether oxygens (including phenoxy) is 2. The first kappa shape index (κ1) is 18.3. The van der Waals surface area contributed by atoms with E-state index >= 15 is 0 Å². The van der Waals surface area contributed by atoms with E-state index in [4.69, 9.17) is 14.7 Å². The molecule has 4 rings (SSSR count). The van der Waals surface area contributed by atoms with Crippen molar-refractivity contribution in [3.63, 3.8) is 0 Å². The summed E-state index contributed by atoms with van der Waals surface area (Å²) >= 11 is 0. The summed E-state index contributed by atoms with van der Waals surface area (Å²) in [7, 11) is 0. The fourth-order valence-corrected chi connectivity index (χ4v) is 3.48. The van der Waals surface area contributed by atoms with Crippen molar-refractivity contribution in [2.75, 3.05) is 32.8 Å². The topological polar surface area (TPSA) is 65.8 Å². The molecule has 0 N–H and O–H groups in total. The summed E-state index contributed by atoms with van der Waals surface area (Å²) in [5.41, 5.74) is 0.944. The van der Waals surface area contributed by atoms with Crippen LogP contribution in [0.15, 0.2) is 42.5 Å². The number of hydrogen-bond donors (Lipinski definition) is 0. The van der Waals surface area contributed by atoms with E-state index < -0.39 is 6.10 Å². The molecule has 0 aliphatic carbocycles.